The minimum absolute atomic E-state index is 0.000718. The number of Topliss-reactive ketones (excluding diaryl/α,β-unsaturated/α-hetero) is 1. The second-order valence-corrected chi connectivity index (χ2v) is 3.63. The summed E-state index contributed by atoms with van der Waals surface area (Å²) in [6, 6.07) is 1.46. The molecule has 0 N–H and O–H groups in total. The van der Waals surface area contributed by atoms with Gasteiger partial charge in [-0.3, -0.25) is 4.79 Å². The molecule has 2 rings (SSSR count). The molecule has 100 valence electrons. The van der Waals surface area contributed by atoms with E-state index in [4.69, 9.17) is 0 Å². The fourth-order valence-corrected chi connectivity index (χ4v) is 1.30. The van der Waals surface area contributed by atoms with Crippen LogP contribution in [0, 0.1) is 0 Å². The second kappa shape index (κ2) is 4.75. The molecule has 2 heterocycles. The zero-order valence-corrected chi connectivity index (χ0v) is 9.55. The number of ketones is 1. The Morgan fingerprint density at radius 2 is 2.16 bits per heavy atom. The van der Waals surface area contributed by atoms with E-state index in [1.54, 1.807) is 0 Å². The molecular formula is C10H7F3N4O2. The summed E-state index contributed by atoms with van der Waals surface area (Å²) in [5.74, 6) is -3.90. The van der Waals surface area contributed by atoms with Crippen LogP contribution in [0.5, 0.6) is 0 Å². The molecule has 0 saturated carbocycles. The van der Waals surface area contributed by atoms with Gasteiger partial charge in [-0.25, -0.2) is 9.97 Å². The van der Waals surface area contributed by atoms with Gasteiger partial charge in [0.1, 0.15) is 17.9 Å². The molecule has 2 aromatic rings. The largest absolute Gasteiger partial charge is 0.450 e. The summed E-state index contributed by atoms with van der Waals surface area (Å²) in [5.41, 5.74) is 0.289. The molecule has 0 spiro atoms. The van der Waals surface area contributed by atoms with Crippen molar-refractivity contribution in [1.82, 2.24) is 20.1 Å². The first-order valence-electron chi connectivity index (χ1n) is 5.10. The average Bonchev–Trinajstić information content (AvgIpc) is 2.86. The number of hydrogen-bond donors (Lipinski definition) is 0. The highest BCUT2D eigenvalue weighted by molar-refractivity contribution is 5.89. The molecule has 0 fully saturated rings. The van der Waals surface area contributed by atoms with Crippen molar-refractivity contribution in [2.24, 2.45) is 0 Å². The first kappa shape index (κ1) is 13.1. The van der Waals surface area contributed by atoms with Crippen LogP contribution in [0.1, 0.15) is 18.7 Å². The minimum Gasteiger partial charge on any atom is -0.338 e. The van der Waals surface area contributed by atoms with Crippen molar-refractivity contribution >= 4 is 5.78 Å². The molecule has 0 aliphatic heterocycles. The molecule has 19 heavy (non-hydrogen) atoms. The molecule has 0 aromatic carbocycles. The maximum Gasteiger partial charge on any atom is 0.450 e. The number of alkyl halides is 3. The van der Waals surface area contributed by atoms with E-state index in [0.29, 0.717) is 0 Å². The third kappa shape index (κ3) is 2.75. The topological polar surface area (TPSA) is 81.8 Å². The molecule has 1 unspecified atom stereocenters. The van der Waals surface area contributed by atoms with Gasteiger partial charge in [-0.15, -0.1) is 0 Å². The third-order valence-corrected chi connectivity index (χ3v) is 2.30. The van der Waals surface area contributed by atoms with Gasteiger partial charge in [0, 0.05) is 6.20 Å². The van der Waals surface area contributed by atoms with Crippen LogP contribution < -0.4 is 0 Å². The number of aromatic nitrogens is 4. The number of carbonyl (C=O) groups is 1. The maximum absolute atomic E-state index is 12.3. The van der Waals surface area contributed by atoms with E-state index < -0.39 is 23.8 Å². The first-order chi connectivity index (χ1) is 8.89. The molecule has 0 aliphatic carbocycles. The monoisotopic (exact) mass is 272 g/mol. The smallest absolute Gasteiger partial charge is 0.338 e. The predicted molar refractivity (Wildman–Crippen MR) is 54.8 cm³/mol. The lowest BCUT2D eigenvalue weighted by Crippen LogP contribution is -2.27. The van der Waals surface area contributed by atoms with Crippen LogP contribution in [0.15, 0.2) is 23.1 Å². The van der Waals surface area contributed by atoms with Gasteiger partial charge in [0.15, 0.2) is 0 Å². The lowest BCUT2D eigenvalue weighted by atomic mass is 10.1. The minimum atomic E-state index is -4.94. The van der Waals surface area contributed by atoms with Crippen molar-refractivity contribution in [3.63, 3.8) is 0 Å². The number of halogens is 3. The lowest BCUT2D eigenvalue weighted by molar-refractivity contribution is -0.172. The van der Waals surface area contributed by atoms with Crippen molar-refractivity contribution < 1.29 is 22.5 Å². The van der Waals surface area contributed by atoms with Gasteiger partial charge >= 0.3 is 6.18 Å². The maximum atomic E-state index is 12.3. The Kier molecular flexibility index (Phi) is 3.28. The lowest BCUT2D eigenvalue weighted by Gasteiger charge is -2.07. The van der Waals surface area contributed by atoms with Gasteiger partial charge in [0.2, 0.25) is 17.5 Å². The molecule has 1 atom stereocenters. The first-order valence-corrected chi connectivity index (χ1v) is 5.10. The third-order valence-electron chi connectivity index (χ3n) is 2.30. The van der Waals surface area contributed by atoms with Crippen LogP contribution in [0.4, 0.5) is 13.2 Å². The van der Waals surface area contributed by atoms with Crippen molar-refractivity contribution in [3.8, 4) is 11.5 Å². The molecule has 0 amide bonds. The number of nitrogens with zero attached hydrogens (tertiary/aromatic N) is 4. The van der Waals surface area contributed by atoms with Crippen LogP contribution in [-0.2, 0) is 4.79 Å². The summed E-state index contributed by atoms with van der Waals surface area (Å²) < 4.78 is 41.4. The Labute approximate surface area is 104 Å². The highest BCUT2D eigenvalue weighted by Crippen LogP contribution is 2.27. The molecule has 6 nitrogen and oxygen atoms in total. The summed E-state index contributed by atoms with van der Waals surface area (Å²) in [7, 11) is 0. The van der Waals surface area contributed by atoms with E-state index in [1.165, 1.54) is 18.6 Å². The number of hydrogen-bond acceptors (Lipinski definition) is 6. The summed E-state index contributed by atoms with van der Waals surface area (Å²) >= 11 is 0. The van der Waals surface area contributed by atoms with E-state index in [2.05, 4.69) is 24.6 Å². The van der Waals surface area contributed by atoms with Gasteiger partial charge in [0.05, 0.1) is 0 Å². The molecule has 9 heteroatoms. The van der Waals surface area contributed by atoms with Crippen molar-refractivity contribution in [3.05, 3.63) is 24.5 Å². The zero-order valence-electron chi connectivity index (χ0n) is 9.55. The van der Waals surface area contributed by atoms with Gasteiger partial charge < -0.3 is 4.52 Å². The summed E-state index contributed by atoms with van der Waals surface area (Å²) in [5, 5.41) is 3.48. The molecule has 0 bridgehead atoms. The van der Waals surface area contributed by atoms with E-state index in [1.807, 2.05) is 0 Å². The predicted octanol–water partition coefficient (Wildman–Crippen LogP) is 1.76. The van der Waals surface area contributed by atoms with Crippen LogP contribution >= 0.6 is 0 Å². The van der Waals surface area contributed by atoms with Gasteiger partial charge in [-0.2, -0.15) is 18.2 Å². The Morgan fingerprint density at radius 3 is 2.74 bits per heavy atom. The van der Waals surface area contributed by atoms with Crippen molar-refractivity contribution in [1.29, 1.82) is 0 Å². The van der Waals surface area contributed by atoms with Crippen molar-refractivity contribution in [2.75, 3.05) is 0 Å². The molecule has 0 aliphatic rings. The SMILES string of the molecule is CC(C(=O)C(F)(F)F)c1nc(-c2ccncn2)no1. The van der Waals surface area contributed by atoms with Crippen LogP contribution in [0.3, 0.4) is 0 Å². The van der Waals surface area contributed by atoms with Crippen LogP contribution in [0.25, 0.3) is 11.5 Å². The summed E-state index contributed by atoms with van der Waals surface area (Å²) in [4.78, 5) is 22.2. The quantitative estimate of drug-likeness (QED) is 0.846. The fraction of sp³-hybridized carbons (Fsp3) is 0.300. The standard InChI is InChI=1S/C10H7F3N4O2/c1-5(7(18)10(11,12)13)9-16-8(17-19-9)6-2-3-14-4-15-6/h2-5H,1H3. The van der Waals surface area contributed by atoms with Crippen LogP contribution in [-0.4, -0.2) is 32.1 Å². The van der Waals surface area contributed by atoms with Gasteiger partial charge in [-0.1, -0.05) is 5.16 Å². The molecular weight excluding hydrogens is 265 g/mol. The van der Waals surface area contributed by atoms with E-state index in [0.717, 1.165) is 6.92 Å². The number of rotatable bonds is 3. The second-order valence-electron chi connectivity index (χ2n) is 3.63. The van der Waals surface area contributed by atoms with E-state index in [-0.39, 0.29) is 11.5 Å². The fourth-order valence-electron chi connectivity index (χ4n) is 1.30. The Hall–Kier alpha value is -2.32. The van der Waals surface area contributed by atoms with Crippen molar-refractivity contribution in [2.45, 2.75) is 19.0 Å². The Bertz CT molecular complexity index is 582. The van der Waals surface area contributed by atoms with E-state index >= 15 is 0 Å². The summed E-state index contributed by atoms with van der Waals surface area (Å²) in [6.45, 7) is 1.05. The van der Waals surface area contributed by atoms with Crippen LogP contribution in [0.2, 0.25) is 0 Å². The van der Waals surface area contributed by atoms with Gasteiger partial charge in [-0.05, 0) is 13.0 Å². The molecule has 0 radical (unpaired) electrons. The normalized spacial score (nSPS) is 13.3. The highest BCUT2D eigenvalue weighted by atomic mass is 19.4. The van der Waals surface area contributed by atoms with Gasteiger partial charge in [0.25, 0.3) is 0 Å². The molecule has 2 aromatic heterocycles. The molecule has 0 saturated heterocycles. The zero-order chi connectivity index (χ0) is 14.0. The summed E-state index contributed by atoms with van der Waals surface area (Å²) in [6.07, 6.45) is -2.29. The Balaban J connectivity index is 2.25. The van der Waals surface area contributed by atoms with E-state index in [9.17, 15) is 18.0 Å². The average molecular weight is 272 g/mol. The Morgan fingerprint density at radius 1 is 1.42 bits per heavy atom. The number of carbonyl (C=O) groups excluding carboxylic acids is 1. The highest BCUT2D eigenvalue weighted by Gasteiger charge is 2.44.